The maximum Gasteiger partial charge on any atom is 0.168 e. The van der Waals surface area contributed by atoms with Gasteiger partial charge in [0.25, 0.3) is 0 Å². The van der Waals surface area contributed by atoms with Crippen molar-refractivity contribution >= 4 is 37.5 Å². The van der Waals surface area contributed by atoms with E-state index in [9.17, 15) is 4.39 Å². The van der Waals surface area contributed by atoms with Crippen molar-refractivity contribution in [3.05, 3.63) is 45.1 Å². The van der Waals surface area contributed by atoms with Crippen LogP contribution in [0.15, 0.2) is 39.3 Å². The molecule has 2 N–H and O–H groups in total. The average molecular weight is 391 g/mol. The van der Waals surface area contributed by atoms with Gasteiger partial charge in [0.05, 0.1) is 17.3 Å². The molecule has 0 saturated carbocycles. The first-order valence-electron chi connectivity index (χ1n) is 5.27. The average Bonchev–Trinajstić information content (AvgIpc) is 2.35. The first-order chi connectivity index (χ1) is 9.01. The second-order valence-electron chi connectivity index (χ2n) is 3.70. The minimum Gasteiger partial charge on any atom is -0.494 e. The molecule has 0 unspecified atom stereocenters. The quantitative estimate of drug-likeness (QED) is 0.770. The molecular weight excluding hydrogens is 381 g/mol. The molecule has 0 radical (unpaired) electrons. The molecule has 0 aliphatic carbocycles. The highest BCUT2D eigenvalue weighted by atomic mass is 79.9. The topological polar surface area (TPSA) is 44.5 Å². The van der Waals surface area contributed by atoms with Gasteiger partial charge in [0.15, 0.2) is 11.6 Å². The van der Waals surface area contributed by atoms with E-state index >= 15 is 0 Å². The van der Waals surface area contributed by atoms with Crippen LogP contribution in [0.25, 0.3) is 0 Å². The molecule has 6 heteroatoms. The lowest BCUT2D eigenvalue weighted by atomic mass is 10.2. The molecule has 0 fully saturated rings. The predicted molar refractivity (Wildman–Crippen MR) is 79.3 cm³/mol. The van der Waals surface area contributed by atoms with Gasteiger partial charge >= 0.3 is 0 Å². The summed E-state index contributed by atoms with van der Waals surface area (Å²) in [5, 5.41) is 0. The van der Waals surface area contributed by atoms with E-state index in [0.29, 0.717) is 16.0 Å². The third-order valence-corrected chi connectivity index (χ3v) is 3.51. The summed E-state index contributed by atoms with van der Waals surface area (Å²) >= 11 is 6.68. The third kappa shape index (κ3) is 3.19. The van der Waals surface area contributed by atoms with Crippen molar-refractivity contribution in [2.24, 2.45) is 0 Å². The summed E-state index contributed by atoms with van der Waals surface area (Å²) in [6, 6.07) is 7.91. The summed E-state index contributed by atoms with van der Waals surface area (Å²) in [6.45, 7) is 0. The van der Waals surface area contributed by atoms with Gasteiger partial charge < -0.3 is 15.2 Å². The molecule has 2 aromatic carbocycles. The Morgan fingerprint density at radius 1 is 1.05 bits per heavy atom. The van der Waals surface area contributed by atoms with Crippen LogP contribution in [0.1, 0.15) is 0 Å². The molecule has 0 bridgehead atoms. The zero-order chi connectivity index (χ0) is 14.0. The number of rotatable bonds is 3. The fourth-order valence-electron chi connectivity index (χ4n) is 1.48. The Morgan fingerprint density at radius 2 is 1.79 bits per heavy atom. The van der Waals surface area contributed by atoms with E-state index in [1.165, 1.54) is 19.2 Å². The molecule has 0 aliphatic rings. The van der Waals surface area contributed by atoms with E-state index in [1.807, 2.05) is 6.07 Å². The highest BCUT2D eigenvalue weighted by Gasteiger charge is 2.12. The maximum absolute atomic E-state index is 13.8. The fourth-order valence-corrected chi connectivity index (χ4v) is 2.61. The molecule has 3 nitrogen and oxygen atoms in total. The minimum atomic E-state index is -0.548. The Balaban J connectivity index is 2.37. The highest BCUT2D eigenvalue weighted by Crippen LogP contribution is 2.36. The smallest absolute Gasteiger partial charge is 0.168 e. The van der Waals surface area contributed by atoms with Crippen LogP contribution < -0.4 is 15.2 Å². The predicted octanol–water partition coefficient (Wildman–Crippen LogP) is 4.73. The van der Waals surface area contributed by atoms with E-state index in [1.54, 1.807) is 12.1 Å². The van der Waals surface area contributed by atoms with Crippen LogP contribution in [-0.2, 0) is 0 Å². The van der Waals surface area contributed by atoms with Crippen LogP contribution in [0.4, 0.5) is 10.1 Å². The second kappa shape index (κ2) is 5.79. The van der Waals surface area contributed by atoms with Crippen molar-refractivity contribution in [2.45, 2.75) is 0 Å². The third-order valence-electron chi connectivity index (χ3n) is 2.40. The van der Waals surface area contributed by atoms with Gasteiger partial charge in [0.1, 0.15) is 11.5 Å². The first kappa shape index (κ1) is 14.1. The number of anilines is 1. The van der Waals surface area contributed by atoms with Crippen molar-refractivity contribution < 1.29 is 13.9 Å². The minimum absolute atomic E-state index is 0.0501. The lowest BCUT2D eigenvalue weighted by molar-refractivity contribution is 0.402. The van der Waals surface area contributed by atoms with Gasteiger partial charge in [-0.1, -0.05) is 15.9 Å². The van der Waals surface area contributed by atoms with E-state index in [2.05, 4.69) is 31.9 Å². The van der Waals surface area contributed by atoms with Crippen molar-refractivity contribution in [3.8, 4) is 17.2 Å². The summed E-state index contributed by atoms with van der Waals surface area (Å²) < 4.78 is 25.9. The Morgan fingerprint density at radius 3 is 2.42 bits per heavy atom. The van der Waals surface area contributed by atoms with E-state index in [0.717, 1.165) is 4.47 Å². The van der Waals surface area contributed by atoms with Gasteiger partial charge in [-0.25, -0.2) is 4.39 Å². The zero-order valence-electron chi connectivity index (χ0n) is 9.91. The molecule has 100 valence electrons. The number of nitrogens with two attached hydrogens (primary N) is 1. The summed E-state index contributed by atoms with van der Waals surface area (Å²) in [5.41, 5.74) is 5.83. The Kier molecular flexibility index (Phi) is 4.31. The lowest BCUT2D eigenvalue weighted by Gasteiger charge is -2.11. The van der Waals surface area contributed by atoms with E-state index < -0.39 is 5.82 Å². The molecule has 0 spiro atoms. The highest BCUT2D eigenvalue weighted by molar-refractivity contribution is 9.11. The number of hydrogen-bond donors (Lipinski definition) is 1. The number of methoxy groups -OCH3 is 1. The van der Waals surface area contributed by atoms with Crippen LogP contribution in [0.2, 0.25) is 0 Å². The van der Waals surface area contributed by atoms with Crippen molar-refractivity contribution in [1.29, 1.82) is 0 Å². The molecule has 0 aliphatic heterocycles. The van der Waals surface area contributed by atoms with Crippen molar-refractivity contribution in [3.63, 3.8) is 0 Å². The number of hydrogen-bond acceptors (Lipinski definition) is 3. The molecule has 19 heavy (non-hydrogen) atoms. The first-order valence-corrected chi connectivity index (χ1v) is 6.85. The zero-order valence-corrected chi connectivity index (χ0v) is 13.1. The van der Waals surface area contributed by atoms with Gasteiger partial charge in [0.2, 0.25) is 0 Å². The monoisotopic (exact) mass is 389 g/mol. The molecular formula is C13H10Br2FNO2. The number of nitrogen functional groups attached to an aromatic ring is 1. The maximum atomic E-state index is 13.8. The molecule has 0 saturated heterocycles. The molecule has 0 aromatic heterocycles. The number of benzene rings is 2. The van der Waals surface area contributed by atoms with E-state index in [4.69, 9.17) is 15.2 Å². The molecule has 2 rings (SSSR count). The lowest BCUT2D eigenvalue weighted by Crippen LogP contribution is -1.96. The summed E-state index contributed by atoms with van der Waals surface area (Å²) in [4.78, 5) is 0. The normalized spacial score (nSPS) is 10.3. The van der Waals surface area contributed by atoms with Crippen molar-refractivity contribution in [1.82, 2.24) is 0 Å². The van der Waals surface area contributed by atoms with Crippen LogP contribution in [-0.4, -0.2) is 7.11 Å². The van der Waals surface area contributed by atoms with Gasteiger partial charge in [-0.15, -0.1) is 0 Å². The Bertz CT molecular complexity index is 620. The van der Waals surface area contributed by atoms with E-state index in [-0.39, 0.29) is 11.4 Å². The number of halogens is 3. The van der Waals surface area contributed by atoms with Crippen LogP contribution >= 0.6 is 31.9 Å². The second-order valence-corrected chi connectivity index (χ2v) is 5.47. The number of ether oxygens (including phenoxy) is 2. The van der Waals surface area contributed by atoms with Crippen LogP contribution in [0, 0.1) is 5.82 Å². The Labute approximate surface area is 126 Å². The van der Waals surface area contributed by atoms with Crippen LogP contribution in [0.3, 0.4) is 0 Å². The molecule has 0 heterocycles. The SMILES string of the molecule is COc1cc(Oc2ccc(Br)cc2Br)c(F)cc1N. The van der Waals surface area contributed by atoms with Gasteiger partial charge in [0, 0.05) is 16.6 Å². The van der Waals surface area contributed by atoms with Crippen molar-refractivity contribution in [2.75, 3.05) is 12.8 Å². The Hall–Kier alpha value is -1.27. The molecule has 2 aromatic rings. The standard InChI is InChI=1S/C13H10Br2FNO2/c1-18-13-6-12(9(16)5-10(13)17)19-11-3-2-7(14)4-8(11)15/h2-6H,17H2,1H3. The van der Waals surface area contributed by atoms with Gasteiger partial charge in [-0.3, -0.25) is 0 Å². The summed E-state index contributed by atoms with van der Waals surface area (Å²) in [6.07, 6.45) is 0. The fraction of sp³-hybridized carbons (Fsp3) is 0.0769. The van der Waals surface area contributed by atoms with Gasteiger partial charge in [-0.05, 0) is 34.1 Å². The summed E-state index contributed by atoms with van der Waals surface area (Å²) in [5.74, 6) is 0.362. The van der Waals surface area contributed by atoms with Crippen LogP contribution in [0.5, 0.6) is 17.2 Å². The van der Waals surface area contributed by atoms with Gasteiger partial charge in [-0.2, -0.15) is 0 Å². The molecule has 0 atom stereocenters. The summed E-state index contributed by atoms with van der Waals surface area (Å²) in [7, 11) is 1.46. The largest absolute Gasteiger partial charge is 0.494 e. The molecule has 0 amide bonds.